The Morgan fingerprint density at radius 2 is 1.87 bits per heavy atom. The minimum atomic E-state index is -4.12. The lowest BCUT2D eigenvalue weighted by atomic mass is 10.1. The highest BCUT2D eigenvalue weighted by Gasteiger charge is 2.38. The summed E-state index contributed by atoms with van der Waals surface area (Å²) in [5.74, 6) is -1.31. The van der Waals surface area contributed by atoms with Crippen LogP contribution in [0.3, 0.4) is 0 Å². The Morgan fingerprint density at radius 1 is 1.20 bits per heavy atom. The van der Waals surface area contributed by atoms with Gasteiger partial charge in [-0.2, -0.15) is 13.2 Å². The van der Waals surface area contributed by atoms with Gasteiger partial charge >= 0.3 is 6.18 Å². The number of rotatable bonds is 8. The molecule has 91 valence electrons. The van der Waals surface area contributed by atoms with Gasteiger partial charge in [-0.05, 0) is 12.8 Å². The van der Waals surface area contributed by atoms with Gasteiger partial charge in [-0.3, -0.25) is 0 Å². The van der Waals surface area contributed by atoms with Gasteiger partial charge in [0.05, 0.1) is 12.5 Å². The Hall–Kier alpha value is -0.250. The van der Waals surface area contributed by atoms with E-state index in [0.717, 1.165) is 25.7 Å². The van der Waals surface area contributed by atoms with E-state index in [9.17, 15) is 13.2 Å². The molecule has 0 aromatic heterocycles. The van der Waals surface area contributed by atoms with Crippen LogP contribution in [0.4, 0.5) is 13.2 Å². The number of unbranched alkanes of at least 4 members (excludes halogenated alkanes) is 3. The molecule has 0 heterocycles. The molecule has 1 unspecified atom stereocenters. The first kappa shape index (κ1) is 14.8. The molecule has 0 aliphatic carbocycles. The second kappa shape index (κ2) is 7.97. The van der Waals surface area contributed by atoms with Crippen LogP contribution in [-0.2, 0) is 4.74 Å². The molecular weight excluding hydrogens is 205 g/mol. The molecule has 4 heteroatoms. The van der Waals surface area contributed by atoms with Crippen molar-refractivity contribution >= 4 is 0 Å². The highest BCUT2D eigenvalue weighted by Crippen LogP contribution is 2.28. The predicted octanol–water partition coefficient (Wildman–Crippen LogP) is 3.99. The van der Waals surface area contributed by atoms with Crippen LogP contribution in [0.5, 0.6) is 0 Å². The van der Waals surface area contributed by atoms with Crippen molar-refractivity contribution in [1.82, 2.24) is 0 Å². The summed E-state index contributed by atoms with van der Waals surface area (Å²) in [5.41, 5.74) is 0. The highest BCUT2D eigenvalue weighted by atomic mass is 19.4. The van der Waals surface area contributed by atoms with Crippen molar-refractivity contribution in [2.24, 2.45) is 5.92 Å². The van der Waals surface area contributed by atoms with Gasteiger partial charge < -0.3 is 4.74 Å². The molecule has 0 spiro atoms. The van der Waals surface area contributed by atoms with Gasteiger partial charge in [-0.15, -0.1) is 0 Å². The molecule has 0 N–H and O–H groups in total. The SMILES string of the molecule is [CH2]CCCCCOCC(CC)C(F)(F)F. The summed E-state index contributed by atoms with van der Waals surface area (Å²) in [6.07, 6.45) is -0.347. The quantitative estimate of drug-likeness (QED) is 0.567. The molecular formula is C11H20F3O. The number of hydrogen-bond donors (Lipinski definition) is 0. The van der Waals surface area contributed by atoms with Gasteiger partial charge in [0.15, 0.2) is 0 Å². The van der Waals surface area contributed by atoms with E-state index < -0.39 is 12.1 Å². The molecule has 0 saturated heterocycles. The first-order valence-electron chi connectivity index (χ1n) is 5.46. The van der Waals surface area contributed by atoms with Crippen LogP contribution >= 0.6 is 0 Å². The fourth-order valence-electron chi connectivity index (χ4n) is 1.23. The summed E-state index contributed by atoms with van der Waals surface area (Å²) < 4.78 is 41.8. The van der Waals surface area contributed by atoms with Crippen LogP contribution in [0.2, 0.25) is 0 Å². The summed E-state index contributed by atoms with van der Waals surface area (Å²) in [4.78, 5) is 0. The second-order valence-electron chi connectivity index (χ2n) is 3.64. The summed E-state index contributed by atoms with van der Waals surface area (Å²) in [7, 11) is 0. The summed E-state index contributed by atoms with van der Waals surface area (Å²) in [6, 6.07) is 0. The van der Waals surface area contributed by atoms with Crippen molar-refractivity contribution in [3.63, 3.8) is 0 Å². The topological polar surface area (TPSA) is 9.23 Å². The van der Waals surface area contributed by atoms with Crippen molar-refractivity contribution < 1.29 is 17.9 Å². The summed E-state index contributed by atoms with van der Waals surface area (Å²) in [6.45, 7) is 5.44. The molecule has 0 bridgehead atoms. The number of alkyl halides is 3. The van der Waals surface area contributed by atoms with E-state index in [1.165, 1.54) is 6.92 Å². The molecule has 0 aliphatic heterocycles. The van der Waals surface area contributed by atoms with Gasteiger partial charge in [0.2, 0.25) is 0 Å². The largest absolute Gasteiger partial charge is 0.394 e. The van der Waals surface area contributed by atoms with Crippen LogP contribution in [0.1, 0.15) is 39.0 Å². The first-order chi connectivity index (χ1) is 7.02. The highest BCUT2D eigenvalue weighted by molar-refractivity contribution is 4.64. The smallest absolute Gasteiger partial charge is 0.381 e. The lowest BCUT2D eigenvalue weighted by Crippen LogP contribution is -2.27. The third-order valence-electron chi connectivity index (χ3n) is 2.31. The Balaban J connectivity index is 3.48. The zero-order chi connectivity index (χ0) is 11.7. The molecule has 0 rings (SSSR count). The van der Waals surface area contributed by atoms with E-state index in [4.69, 9.17) is 4.74 Å². The van der Waals surface area contributed by atoms with Crippen molar-refractivity contribution in [2.75, 3.05) is 13.2 Å². The van der Waals surface area contributed by atoms with Crippen molar-refractivity contribution in [2.45, 2.75) is 45.2 Å². The molecule has 1 atom stereocenters. The molecule has 0 aliphatic rings. The molecule has 0 saturated carbocycles. The van der Waals surface area contributed by atoms with Crippen LogP contribution in [0, 0.1) is 12.8 Å². The van der Waals surface area contributed by atoms with Gasteiger partial charge in [0, 0.05) is 6.61 Å². The monoisotopic (exact) mass is 225 g/mol. The van der Waals surface area contributed by atoms with Gasteiger partial charge in [-0.1, -0.05) is 33.1 Å². The van der Waals surface area contributed by atoms with Crippen molar-refractivity contribution in [3.8, 4) is 0 Å². The van der Waals surface area contributed by atoms with E-state index in [1.54, 1.807) is 0 Å². The Kier molecular flexibility index (Phi) is 7.83. The third-order valence-corrected chi connectivity index (χ3v) is 2.31. The van der Waals surface area contributed by atoms with E-state index >= 15 is 0 Å². The fourth-order valence-corrected chi connectivity index (χ4v) is 1.23. The van der Waals surface area contributed by atoms with Crippen LogP contribution in [0.25, 0.3) is 0 Å². The first-order valence-corrected chi connectivity index (χ1v) is 5.46. The molecule has 15 heavy (non-hydrogen) atoms. The second-order valence-corrected chi connectivity index (χ2v) is 3.64. The summed E-state index contributed by atoms with van der Waals surface area (Å²) >= 11 is 0. The van der Waals surface area contributed by atoms with E-state index in [-0.39, 0.29) is 13.0 Å². The number of ether oxygens (including phenoxy) is 1. The molecule has 0 aromatic carbocycles. The van der Waals surface area contributed by atoms with Crippen LogP contribution in [0.15, 0.2) is 0 Å². The maximum Gasteiger partial charge on any atom is 0.394 e. The molecule has 1 radical (unpaired) electrons. The van der Waals surface area contributed by atoms with E-state index in [2.05, 4.69) is 6.92 Å². The van der Waals surface area contributed by atoms with Gasteiger partial charge in [-0.25, -0.2) is 0 Å². The maximum absolute atomic E-state index is 12.3. The molecule has 0 aromatic rings. The molecule has 0 fully saturated rings. The van der Waals surface area contributed by atoms with Crippen molar-refractivity contribution in [1.29, 1.82) is 0 Å². The molecule has 1 nitrogen and oxygen atoms in total. The lowest BCUT2D eigenvalue weighted by Gasteiger charge is -2.18. The zero-order valence-corrected chi connectivity index (χ0v) is 9.28. The Morgan fingerprint density at radius 3 is 2.33 bits per heavy atom. The summed E-state index contributed by atoms with van der Waals surface area (Å²) in [5, 5.41) is 0. The van der Waals surface area contributed by atoms with Gasteiger partial charge in [0.25, 0.3) is 0 Å². The van der Waals surface area contributed by atoms with E-state index in [0.29, 0.717) is 6.61 Å². The lowest BCUT2D eigenvalue weighted by molar-refractivity contribution is -0.189. The fraction of sp³-hybridized carbons (Fsp3) is 0.909. The molecule has 0 amide bonds. The van der Waals surface area contributed by atoms with E-state index in [1.807, 2.05) is 0 Å². The van der Waals surface area contributed by atoms with Crippen LogP contribution in [-0.4, -0.2) is 19.4 Å². The average Bonchev–Trinajstić information content (AvgIpc) is 2.15. The number of halogens is 3. The van der Waals surface area contributed by atoms with Crippen LogP contribution < -0.4 is 0 Å². The Labute approximate surface area is 90.0 Å². The maximum atomic E-state index is 12.3. The van der Waals surface area contributed by atoms with Crippen molar-refractivity contribution in [3.05, 3.63) is 6.92 Å². The van der Waals surface area contributed by atoms with Gasteiger partial charge in [0.1, 0.15) is 0 Å². The third kappa shape index (κ3) is 7.65. The average molecular weight is 225 g/mol. The minimum Gasteiger partial charge on any atom is -0.381 e. The normalized spacial score (nSPS) is 14.2. The zero-order valence-electron chi connectivity index (χ0n) is 9.28. The number of hydrogen-bond acceptors (Lipinski definition) is 1. The predicted molar refractivity (Wildman–Crippen MR) is 54.5 cm³/mol. The standard InChI is InChI=1S/C11H20F3O/c1-3-5-6-7-8-15-9-10(4-2)11(12,13)14/h10H,1,3-9H2,2H3. The Bertz CT molecular complexity index is 145. The minimum absolute atomic E-state index is 0.0857.